The molecule has 6 heterocycles. The summed E-state index contributed by atoms with van der Waals surface area (Å²) in [7, 11) is 0. The number of fused-ring (bicyclic) bond motifs is 6. The minimum absolute atomic E-state index is 0.561. The molecule has 0 bridgehead atoms. The van der Waals surface area contributed by atoms with Gasteiger partial charge in [0.1, 0.15) is 5.56 Å². The Kier molecular flexibility index (Phi) is 2.79. The Labute approximate surface area is 195 Å². The van der Waals surface area contributed by atoms with Gasteiger partial charge < -0.3 is 9.30 Å². The summed E-state index contributed by atoms with van der Waals surface area (Å²) in [6, 6.07) is 32.7. The molecule has 3 aliphatic heterocycles. The summed E-state index contributed by atoms with van der Waals surface area (Å²) in [5.74, 6) is 1.77. The third-order valence-electron chi connectivity index (χ3n) is 7.92. The van der Waals surface area contributed by atoms with Gasteiger partial charge in [-0.25, -0.2) is 0 Å². The molecular formula is C30H19N3O+2. The van der Waals surface area contributed by atoms with Crippen molar-refractivity contribution in [1.29, 1.82) is 0 Å². The average Bonchev–Trinajstić information content (AvgIpc) is 3.23. The van der Waals surface area contributed by atoms with E-state index in [1.165, 1.54) is 49.9 Å². The van der Waals surface area contributed by atoms with Crippen molar-refractivity contribution in [3.8, 4) is 17.3 Å². The number of pyridine rings is 2. The number of hydrogen-bond donors (Lipinski definition) is 0. The van der Waals surface area contributed by atoms with Crippen molar-refractivity contribution in [2.45, 2.75) is 12.1 Å². The molecule has 4 nitrogen and oxygen atoms in total. The Morgan fingerprint density at radius 1 is 0.706 bits per heavy atom. The highest BCUT2D eigenvalue weighted by Crippen LogP contribution is 2.53. The molecule has 6 aromatic rings. The fourth-order valence-electron chi connectivity index (χ4n) is 6.77. The van der Waals surface area contributed by atoms with Gasteiger partial charge in [0.15, 0.2) is 29.4 Å². The predicted octanol–water partition coefficient (Wildman–Crippen LogP) is 4.98. The summed E-state index contributed by atoms with van der Waals surface area (Å²) < 4.78 is 13.8. The lowest BCUT2D eigenvalue weighted by molar-refractivity contribution is -0.977. The number of aromatic nitrogens is 3. The molecule has 4 heteroatoms. The van der Waals surface area contributed by atoms with Crippen LogP contribution in [0, 0.1) is 0 Å². The molecular weight excluding hydrogens is 418 g/mol. The van der Waals surface area contributed by atoms with Gasteiger partial charge in [-0.3, -0.25) is 0 Å². The van der Waals surface area contributed by atoms with Gasteiger partial charge in [-0.05, 0) is 29.8 Å². The van der Waals surface area contributed by atoms with Crippen molar-refractivity contribution in [2.75, 3.05) is 0 Å². The lowest BCUT2D eigenvalue weighted by atomic mass is 9.77. The lowest BCUT2D eigenvalue weighted by Gasteiger charge is -2.38. The summed E-state index contributed by atoms with van der Waals surface area (Å²) >= 11 is 0. The van der Waals surface area contributed by atoms with Gasteiger partial charge in [0, 0.05) is 29.0 Å². The number of rotatable bonds is 0. The van der Waals surface area contributed by atoms with E-state index in [0.717, 1.165) is 18.1 Å². The number of hydrogen-bond acceptors (Lipinski definition) is 1. The fraction of sp³-hybridized carbons (Fsp3) is 0.0667. The monoisotopic (exact) mass is 437 g/mol. The number of benzene rings is 3. The summed E-state index contributed by atoms with van der Waals surface area (Å²) in [4.78, 5) is 0. The number of nitrogens with zero attached hydrogens (tertiary/aromatic N) is 3. The molecule has 1 atom stereocenters. The summed E-state index contributed by atoms with van der Waals surface area (Å²) in [6.45, 7) is 0. The largest absolute Gasteiger partial charge is 0.426 e. The maximum atomic E-state index is 6.57. The van der Waals surface area contributed by atoms with E-state index in [1.807, 2.05) is 0 Å². The van der Waals surface area contributed by atoms with E-state index in [0.29, 0.717) is 0 Å². The lowest BCUT2D eigenvalue weighted by Crippen LogP contribution is -2.78. The zero-order valence-electron chi connectivity index (χ0n) is 18.3. The van der Waals surface area contributed by atoms with Gasteiger partial charge in [-0.1, -0.05) is 47.0 Å². The second kappa shape index (κ2) is 5.54. The predicted molar refractivity (Wildman–Crippen MR) is 129 cm³/mol. The van der Waals surface area contributed by atoms with Gasteiger partial charge in [0.2, 0.25) is 0 Å². The van der Waals surface area contributed by atoms with E-state index in [-0.39, 0.29) is 0 Å². The second-order valence-electron chi connectivity index (χ2n) is 9.42. The van der Waals surface area contributed by atoms with Crippen LogP contribution in [0.4, 0.5) is 0 Å². The minimum atomic E-state index is -0.561. The Morgan fingerprint density at radius 3 is 2.53 bits per heavy atom. The Balaban J connectivity index is 1.65. The molecule has 9 rings (SSSR count). The molecule has 1 unspecified atom stereocenters. The van der Waals surface area contributed by atoms with Gasteiger partial charge in [-0.15, -0.1) is 4.57 Å². The van der Waals surface area contributed by atoms with Crippen LogP contribution in [0.1, 0.15) is 22.4 Å². The van der Waals surface area contributed by atoms with Gasteiger partial charge in [-0.2, -0.15) is 0 Å². The van der Waals surface area contributed by atoms with Crippen LogP contribution in [0.15, 0.2) is 103 Å². The molecule has 158 valence electrons. The van der Waals surface area contributed by atoms with Crippen LogP contribution in [0.25, 0.3) is 27.5 Å². The highest BCUT2D eigenvalue weighted by atomic mass is 16.5. The Morgan fingerprint density at radius 2 is 1.56 bits per heavy atom. The van der Waals surface area contributed by atoms with E-state index in [2.05, 4.69) is 117 Å². The number of ether oxygens (including phenoxy) is 1. The first kappa shape index (κ1) is 17.1. The molecule has 0 aliphatic carbocycles. The Hall–Kier alpha value is -4.44. The van der Waals surface area contributed by atoms with E-state index in [9.17, 15) is 0 Å². The van der Waals surface area contributed by atoms with Crippen molar-refractivity contribution in [2.24, 2.45) is 0 Å². The standard InChI is InChI=1S/C30H19N3O/c1-2-10-23-21(9-1)22-15-14-19-18-20-8-3-5-16-31(20)30-27(19)29(22)33(23)24-11-7-12-25(28(24)30)34-26-13-4-6-17-32(26)30/h1-17H,18H2/q+2. The molecule has 0 saturated carbocycles. The summed E-state index contributed by atoms with van der Waals surface area (Å²) in [5.41, 5.74) is 8.37. The highest BCUT2D eigenvalue weighted by Gasteiger charge is 2.67. The second-order valence-corrected chi connectivity index (χ2v) is 9.42. The minimum Gasteiger partial charge on any atom is -0.404 e. The first-order valence-electron chi connectivity index (χ1n) is 11.8. The quantitative estimate of drug-likeness (QED) is 0.307. The van der Waals surface area contributed by atoms with E-state index < -0.39 is 5.66 Å². The fourth-order valence-corrected chi connectivity index (χ4v) is 6.77. The van der Waals surface area contributed by atoms with Crippen molar-refractivity contribution in [1.82, 2.24) is 4.57 Å². The molecule has 3 aliphatic rings. The van der Waals surface area contributed by atoms with Gasteiger partial charge in [0.05, 0.1) is 29.2 Å². The maximum Gasteiger partial charge on any atom is 0.426 e. The van der Waals surface area contributed by atoms with E-state index in [1.54, 1.807) is 0 Å². The molecule has 3 aromatic carbocycles. The molecule has 3 aromatic heterocycles. The summed E-state index contributed by atoms with van der Waals surface area (Å²) in [5, 5.41) is 2.59. The van der Waals surface area contributed by atoms with E-state index >= 15 is 0 Å². The molecule has 34 heavy (non-hydrogen) atoms. The molecule has 1 spiro atoms. The smallest absolute Gasteiger partial charge is 0.404 e. The van der Waals surface area contributed by atoms with Crippen LogP contribution in [0.3, 0.4) is 0 Å². The van der Waals surface area contributed by atoms with Crippen molar-refractivity contribution >= 4 is 21.8 Å². The molecule has 0 radical (unpaired) electrons. The molecule has 0 amide bonds. The van der Waals surface area contributed by atoms with Crippen LogP contribution in [-0.4, -0.2) is 4.57 Å². The van der Waals surface area contributed by atoms with Crippen molar-refractivity contribution in [3.63, 3.8) is 0 Å². The third-order valence-corrected chi connectivity index (χ3v) is 7.92. The summed E-state index contributed by atoms with van der Waals surface area (Å²) in [6.07, 6.45) is 5.31. The topological polar surface area (TPSA) is 21.9 Å². The zero-order chi connectivity index (χ0) is 22.0. The SMILES string of the molecule is c1cc2c3c(c1)-n1c4ccccc4c4ccc5c(c41)C3([n+]1ccccc1C5)[n+]1ccccc1O2. The highest BCUT2D eigenvalue weighted by molar-refractivity contribution is 6.11. The Bertz CT molecular complexity index is 1840. The first-order valence-corrected chi connectivity index (χ1v) is 11.8. The van der Waals surface area contributed by atoms with Crippen LogP contribution < -0.4 is 13.9 Å². The van der Waals surface area contributed by atoms with Gasteiger partial charge in [0.25, 0.3) is 0 Å². The molecule has 0 N–H and O–H groups in total. The number of para-hydroxylation sites is 1. The van der Waals surface area contributed by atoms with Crippen molar-refractivity contribution in [3.05, 3.63) is 126 Å². The normalized spacial score (nSPS) is 18.2. The molecule has 0 saturated heterocycles. The van der Waals surface area contributed by atoms with Crippen LogP contribution >= 0.6 is 0 Å². The van der Waals surface area contributed by atoms with Crippen molar-refractivity contribution < 1.29 is 13.9 Å². The first-order chi connectivity index (χ1) is 16.9. The van der Waals surface area contributed by atoms with Crippen LogP contribution in [0.2, 0.25) is 0 Å². The third kappa shape index (κ3) is 1.68. The van der Waals surface area contributed by atoms with Crippen LogP contribution in [0.5, 0.6) is 11.6 Å². The van der Waals surface area contributed by atoms with E-state index in [4.69, 9.17) is 4.74 Å². The average molecular weight is 438 g/mol. The van der Waals surface area contributed by atoms with Crippen LogP contribution in [-0.2, 0) is 12.1 Å². The maximum absolute atomic E-state index is 6.57. The van der Waals surface area contributed by atoms with Gasteiger partial charge >= 0.3 is 11.5 Å². The zero-order valence-corrected chi connectivity index (χ0v) is 18.3. The molecule has 0 fully saturated rings.